The van der Waals surface area contributed by atoms with E-state index in [1.807, 2.05) is 36.0 Å². The summed E-state index contributed by atoms with van der Waals surface area (Å²) in [6.07, 6.45) is 3.61. The number of furan rings is 1. The third-order valence-electron chi connectivity index (χ3n) is 2.99. The fourth-order valence-corrected chi connectivity index (χ4v) is 2.31. The van der Waals surface area contributed by atoms with E-state index in [2.05, 4.69) is 10.4 Å². The molecule has 0 saturated carbocycles. The highest BCUT2D eigenvalue weighted by molar-refractivity contribution is 6.34. The molecule has 0 bridgehead atoms. The SMILES string of the molecule is Cn1cnc(C(NN)c2cc3cccc(Cl)c3o2)c1. The summed E-state index contributed by atoms with van der Waals surface area (Å²) in [7, 11) is 1.90. The van der Waals surface area contributed by atoms with Gasteiger partial charge in [-0.3, -0.25) is 5.84 Å². The van der Waals surface area contributed by atoms with E-state index < -0.39 is 0 Å². The number of halogens is 1. The van der Waals surface area contributed by atoms with E-state index in [0.717, 1.165) is 11.1 Å². The van der Waals surface area contributed by atoms with Crippen LogP contribution in [-0.4, -0.2) is 9.55 Å². The molecule has 0 saturated heterocycles. The molecule has 3 N–H and O–H groups in total. The van der Waals surface area contributed by atoms with Crippen molar-refractivity contribution in [3.8, 4) is 0 Å². The number of nitrogens with two attached hydrogens (primary N) is 1. The summed E-state index contributed by atoms with van der Waals surface area (Å²) in [6, 6.07) is 7.24. The fourth-order valence-electron chi connectivity index (χ4n) is 2.09. The Balaban J connectivity index is 2.09. The average molecular weight is 277 g/mol. The van der Waals surface area contributed by atoms with E-state index in [-0.39, 0.29) is 6.04 Å². The minimum atomic E-state index is -0.301. The molecule has 3 aromatic rings. The van der Waals surface area contributed by atoms with Crippen LogP contribution in [0.4, 0.5) is 0 Å². The Bertz CT molecular complexity index is 718. The molecule has 6 heteroatoms. The first-order chi connectivity index (χ1) is 9.19. The van der Waals surface area contributed by atoms with Crippen LogP contribution in [0.3, 0.4) is 0 Å². The summed E-state index contributed by atoms with van der Waals surface area (Å²) in [5.74, 6) is 6.30. The van der Waals surface area contributed by atoms with E-state index >= 15 is 0 Å². The Morgan fingerprint density at radius 3 is 2.95 bits per heavy atom. The van der Waals surface area contributed by atoms with Crippen molar-refractivity contribution in [2.75, 3.05) is 0 Å². The molecule has 19 heavy (non-hydrogen) atoms. The molecule has 3 rings (SSSR count). The first kappa shape index (κ1) is 12.2. The van der Waals surface area contributed by atoms with Gasteiger partial charge in [0.1, 0.15) is 11.8 Å². The number of aryl methyl sites for hydroxylation is 1. The molecule has 1 atom stereocenters. The summed E-state index contributed by atoms with van der Waals surface area (Å²) < 4.78 is 7.65. The molecule has 0 aliphatic heterocycles. The standard InChI is InChI=1S/C13H13ClN4O/c1-18-6-10(16-7-18)12(17-15)11-5-8-3-2-4-9(14)13(8)19-11/h2-7,12,17H,15H2,1H3. The van der Waals surface area contributed by atoms with Crippen molar-refractivity contribution < 1.29 is 4.42 Å². The average Bonchev–Trinajstić information content (AvgIpc) is 2.98. The number of aromatic nitrogens is 2. The monoisotopic (exact) mass is 276 g/mol. The van der Waals surface area contributed by atoms with Crippen LogP contribution in [0.1, 0.15) is 17.5 Å². The highest BCUT2D eigenvalue weighted by atomic mass is 35.5. The van der Waals surface area contributed by atoms with E-state index in [9.17, 15) is 0 Å². The topological polar surface area (TPSA) is 69.0 Å². The number of hydrogen-bond donors (Lipinski definition) is 2. The number of para-hydroxylation sites is 1. The summed E-state index contributed by atoms with van der Waals surface area (Å²) in [5, 5.41) is 1.53. The van der Waals surface area contributed by atoms with Crippen LogP contribution in [0.15, 0.2) is 41.2 Å². The second-order valence-electron chi connectivity index (χ2n) is 4.37. The second-order valence-corrected chi connectivity index (χ2v) is 4.78. The maximum atomic E-state index is 6.10. The van der Waals surface area contributed by atoms with Gasteiger partial charge in [0.05, 0.1) is 17.0 Å². The Hall–Kier alpha value is -1.82. The highest BCUT2D eigenvalue weighted by Gasteiger charge is 2.20. The molecule has 1 aromatic carbocycles. The minimum Gasteiger partial charge on any atom is -0.457 e. The van der Waals surface area contributed by atoms with Gasteiger partial charge in [0.15, 0.2) is 5.58 Å². The summed E-state index contributed by atoms with van der Waals surface area (Å²) in [6.45, 7) is 0. The third kappa shape index (κ3) is 2.12. The van der Waals surface area contributed by atoms with Gasteiger partial charge in [0.25, 0.3) is 0 Å². The van der Waals surface area contributed by atoms with Crippen molar-refractivity contribution in [3.63, 3.8) is 0 Å². The molecular weight excluding hydrogens is 264 g/mol. The summed E-state index contributed by atoms with van der Waals surface area (Å²) in [4.78, 5) is 4.28. The van der Waals surface area contributed by atoms with Gasteiger partial charge in [-0.25, -0.2) is 10.4 Å². The predicted molar refractivity (Wildman–Crippen MR) is 73.6 cm³/mol. The number of nitrogens with zero attached hydrogens (tertiary/aromatic N) is 2. The molecule has 0 fully saturated rings. The normalized spacial score (nSPS) is 13.0. The van der Waals surface area contributed by atoms with Gasteiger partial charge in [0, 0.05) is 18.6 Å². The molecule has 0 aliphatic rings. The van der Waals surface area contributed by atoms with E-state index in [4.69, 9.17) is 21.9 Å². The zero-order chi connectivity index (χ0) is 13.4. The first-order valence-electron chi connectivity index (χ1n) is 5.81. The molecule has 0 aliphatic carbocycles. The lowest BCUT2D eigenvalue weighted by Crippen LogP contribution is -2.28. The quantitative estimate of drug-likeness (QED) is 0.569. The molecule has 98 valence electrons. The first-order valence-corrected chi connectivity index (χ1v) is 6.19. The highest BCUT2D eigenvalue weighted by Crippen LogP contribution is 2.31. The van der Waals surface area contributed by atoms with Crippen molar-refractivity contribution in [2.45, 2.75) is 6.04 Å². The van der Waals surface area contributed by atoms with Crippen LogP contribution in [0.5, 0.6) is 0 Å². The van der Waals surface area contributed by atoms with Crippen molar-refractivity contribution >= 4 is 22.6 Å². The zero-order valence-electron chi connectivity index (χ0n) is 10.3. The Morgan fingerprint density at radius 2 is 2.32 bits per heavy atom. The molecule has 2 aromatic heterocycles. The van der Waals surface area contributed by atoms with Crippen molar-refractivity contribution in [1.29, 1.82) is 0 Å². The lowest BCUT2D eigenvalue weighted by Gasteiger charge is -2.09. The predicted octanol–water partition coefficient (Wildman–Crippen LogP) is 2.37. The lowest BCUT2D eigenvalue weighted by molar-refractivity contribution is 0.472. The molecular formula is C13H13ClN4O. The fraction of sp³-hybridized carbons (Fsp3) is 0.154. The maximum Gasteiger partial charge on any atom is 0.152 e. The summed E-state index contributed by atoms with van der Waals surface area (Å²) >= 11 is 6.10. The maximum absolute atomic E-state index is 6.10. The molecule has 1 unspecified atom stereocenters. The van der Waals surface area contributed by atoms with Gasteiger partial charge in [-0.2, -0.15) is 0 Å². The van der Waals surface area contributed by atoms with Crippen LogP contribution in [0, 0.1) is 0 Å². The van der Waals surface area contributed by atoms with Gasteiger partial charge in [-0.15, -0.1) is 0 Å². The van der Waals surface area contributed by atoms with Gasteiger partial charge in [-0.05, 0) is 12.1 Å². The number of hydrazine groups is 1. The van der Waals surface area contributed by atoms with Crippen LogP contribution in [-0.2, 0) is 7.05 Å². The number of benzene rings is 1. The zero-order valence-corrected chi connectivity index (χ0v) is 11.1. The Kier molecular flexibility index (Phi) is 3.02. The van der Waals surface area contributed by atoms with Gasteiger partial charge < -0.3 is 8.98 Å². The number of fused-ring (bicyclic) bond motifs is 1. The molecule has 0 radical (unpaired) electrons. The minimum absolute atomic E-state index is 0.301. The number of rotatable bonds is 3. The molecule has 2 heterocycles. The van der Waals surface area contributed by atoms with Gasteiger partial charge >= 0.3 is 0 Å². The van der Waals surface area contributed by atoms with Crippen molar-refractivity contribution in [3.05, 3.63) is 53.3 Å². The third-order valence-corrected chi connectivity index (χ3v) is 3.28. The van der Waals surface area contributed by atoms with Crippen LogP contribution in [0.25, 0.3) is 11.0 Å². The Morgan fingerprint density at radius 1 is 1.47 bits per heavy atom. The van der Waals surface area contributed by atoms with Gasteiger partial charge in [0.2, 0.25) is 0 Å². The van der Waals surface area contributed by atoms with Crippen LogP contribution in [0.2, 0.25) is 5.02 Å². The van der Waals surface area contributed by atoms with Gasteiger partial charge in [-0.1, -0.05) is 23.7 Å². The second kappa shape index (κ2) is 4.70. The number of imidazole rings is 1. The van der Waals surface area contributed by atoms with Crippen LogP contribution < -0.4 is 11.3 Å². The van der Waals surface area contributed by atoms with E-state index in [0.29, 0.717) is 16.4 Å². The van der Waals surface area contributed by atoms with Crippen molar-refractivity contribution in [1.82, 2.24) is 15.0 Å². The lowest BCUT2D eigenvalue weighted by atomic mass is 10.1. The van der Waals surface area contributed by atoms with E-state index in [1.165, 1.54) is 0 Å². The summed E-state index contributed by atoms with van der Waals surface area (Å²) in [5.41, 5.74) is 4.17. The van der Waals surface area contributed by atoms with E-state index in [1.54, 1.807) is 12.4 Å². The smallest absolute Gasteiger partial charge is 0.152 e. The number of nitrogens with one attached hydrogen (secondary N) is 1. The van der Waals surface area contributed by atoms with Crippen molar-refractivity contribution in [2.24, 2.45) is 12.9 Å². The number of hydrogen-bond acceptors (Lipinski definition) is 4. The molecule has 5 nitrogen and oxygen atoms in total. The molecule has 0 amide bonds. The molecule has 0 spiro atoms. The Labute approximate surface area is 114 Å². The largest absolute Gasteiger partial charge is 0.457 e. The van der Waals surface area contributed by atoms with Crippen LogP contribution >= 0.6 is 11.6 Å².